The number of hydrogen-bond donors (Lipinski definition) is 0. The van der Waals surface area contributed by atoms with Crippen LogP contribution in [0.3, 0.4) is 0 Å². The molecule has 0 atom stereocenters. The van der Waals surface area contributed by atoms with Crippen LogP contribution in [0.25, 0.3) is 0 Å². The van der Waals surface area contributed by atoms with Gasteiger partial charge in [-0.2, -0.15) is 5.26 Å². The van der Waals surface area contributed by atoms with E-state index in [1.165, 1.54) is 17.0 Å². The van der Waals surface area contributed by atoms with Gasteiger partial charge in [-0.05, 0) is 29.8 Å². The highest BCUT2D eigenvalue weighted by Crippen LogP contribution is 2.31. The van der Waals surface area contributed by atoms with Gasteiger partial charge in [0, 0.05) is 17.6 Å². The predicted molar refractivity (Wildman–Crippen MR) is 82.7 cm³/mol. The van der Waals surface area contributed by atoms with Crippen LogP contribution in [-0.2, 0) is 5.33 Å². The van der Waals surface area contributed by atoms with E-state index < -0.39 is 11.6 Å². The van der Waals surface area contributed by atoms with E-state index in [1.54, 1.807) is 24.3 Å². The number of benzene rings is 2. The molecule has 0 radical (unpaired) electrons. The Balaban J connectivity index is 2.49. The van der Waals surface area contributed by atoms with E-state index in [0.29, 0.717) is 16.6 Å². The lowest BCUT2D eigenvalue weighted by molar-refractivity contribution is 0.578. The van der Waals surface area contributed by atoms with Gasteiger partial charge in [0.25, 0.3) is 0 Å². The monoisotopic (exact) mass is 350 g/mol. The van der Waals surface area contributed by atoms with Crippen molar-refractivity contribution in [3.05, 3.63) is 59.7 Å². The summed E-state index contributed by atoms with van der Waals surface area (Å²) >= 11 is 3.18. The van der Waals surface area contributed by atoms with Crippen LogP contribution in [0.2, 0.25) is 0 Å². The lowest BCUT2D eigenvalue weighted by Crippen LogP contribution is -2.21. The summed E-state index contributed by atoms with van der Waals surface area (Å²) in [5.41, 5.74) is 1.06. The first-order chi connectivity index (χ1) is 10.2. The Morgan fingerprint density at radius 3 is 2.24 bits per heavy atom. The van der Waals surface area contributed by atoms with Crippen LogP contribution >= 0.6 is 15.9 Å². The molecular formula is C16H13BrF2N2. The van der Waals surface area contributed by atoms with E-state index in [1.807, 2.05) is 12.1 Å². The molecule has 0 saturated heterocycles. The van der Waals surface area contributed by atoms with Crippen LogP contribution in [0.5, 0.6) is 0 Å². The second kappa shape index (κ2) is 7.19. The first-order valence-corrected chi connectivity index (χ1v) is 7.53. The molecule has 0 heterocycles. The van der Waals surface area contributed by atoms with Crippen molar-refractivity contribution in [3.8, 4) is 6.07 Å². The molecule has 0 aliphatic heterocycles. The van der Waals surface area contributed by atoms with Crippen LogP contribution in [-0.4, -0.2) is 6.54 Å². The molecule has 2 rings (SSSR count). The number of para-hydroxylation sites is 1. The highest BCUT2D eigenvalue weighted by Gasteiger charge is 2.19. The van der Waals surface area contributed by atoms with E-state index in [9.17, 15) is 8.78 Å². The normalized spacial score (nSPS) is 10.2. The van der Waals surface area contributed by atoms with Crippen molar-refractivity contribution >= 4 is 27.3 Å². The fourth-order valence-corrected chi connectivity index (χ4v) is 2.42. The number of alkyl halides is 1. The molecule has 2 nitrogen and oxygen atoms in total. The largest absolute Gasteiger partial charge is 0.336 e. The van der Waals surface area contributed by atoms with Gasteiger partial charge in [0.2, 0.25) is 0 Å². The minimum Gasteiger partial charge on any atom is -0.336 e. The second-order valence-electron chi connectivity index (χ2n) is 4.44. The number of halogens is 3. The van der Waals surface area contributed by atoms with Crippen LogP contribution in [0.4, 0.5) is 20.2 Å². The fraction of sp³-hybridized carbons (Fsp3) is 0.188. The summed E-state index contributed by atoms with van der Waals surface area (Å²) in [6.07, 6.45) is 0.175. The quantitative estimate of drug-likeness (QED) is 0.716. The molecule has 21 heavy (non-hydrogen) atoms. The maximum Gasteiger partial charge on any atom is 0.150 e. The maximum atomic E-state index is 14.3. The third-order valence-corrected chi connectivity index (χ3v) is 3.66. The molecule has 5 heteroatoms. The van der Waals surface area contributed by atoms with E-state index in [4.69, 9.17) is 5.26 Å². The Morgan fingerprint density at radius 2 is 1.71 bits per heavy atom. The van der Waals surface area contributed by atoms with Crippen LogP contribution in [0, 0.1) is 23.0 Å². The molecule has 0 aromatic heterocycles. The molecule has 0 unspecified atom stereocenters. The van der Waals surface area contributed by atoms with Gasteiger partial charge in [-0.3, -0.25) is 0 Å². The molecule has 0 aliphatic carbocycles. The summed E-state index contributed by atoms with van der Waals surface area (Å²) in [6, 6.07) is 13.5. The van der Waals surface area contributed by atoms with Crippen LogP contribution in [0.1, 0.15) is 12.0 Å². The Kier molecular flexibility index (Phi) is 5.29. The zero-order valence-electron chi connectivity index (χ0n) is 11.2. The molecule has 2 aromatic rings. The number of rotatable bonds is 5. The molecule has 0 aliphatic rings. The van der Waals surface area contributed by atoms with Crippen LogP contribution < -0.4 is 4.90 Å². The van der Waals surface area contributed by atoms with Gasteiger partial charge in [0.1, 0.15) is 17.3 Å². The SMILES string of the molecule is N#CCCN(c1ccccc1)c1c(F)cc(CBr)cc1F. The summed E-state index contributed by atoms with van der Waals surface area (Å²) in [5, 5.41) is 9.14. The minimum absolute atomic E-state index is 0.124. The van der Waals surface area contributed by atoms with Crippen molar-refractivity contribution in [3.63, 3.8) is 0 Å². The Hall–Kier alpha value is -1.93. The molecular weight excluding hydrogens is 338 g/mol. The second-order valence-corrected chi connectivity index (χ2v) is 5.00. The van der Waals surface area contributed by atoms with Gasteiger partial charge < -0.3 is 4.90 Å². The first-order valence-electron chi connectivity index (χ1n) is 6.40. The van der Waals surface area contributed by atoms with Crippen LogP contribution in [0.15, 0.2) is 42.5 Å². The van der Waals surface area contributed by atoms with Crippen molar-refractivity contribution in [1.82, 2.24) is 0 Å². The molecule has 0 N–H and O–H groups in total. The van der Waals surface area contributed by atoms with Crippen molar-refractivity contribution in [2.45, 2.75) is 11.8 Å². The molecule has 0 spiro atoms. The summed E-state index contributed by atoms with van der Waals surface area (Å²) in [4.78, 5) is 1.49. The molecule has 108 valence electrons. The van der Waals surface area contributed by atoms with E-state index in [-0.39, 0.29) is 18.7 Å². The topological polar surface area (TPSA) is 27.0 Å². The van der Waals surface area contributed by atoms with Crippen molar-refractivity contribution < 1.29 is 8.78 Å². The maximum absolute atomic E-state index is 14.3. The van der Waals surface area contributed by atoms with Gasteiger partial charge in [-0.25, -0.2) is 8.78 Å². The summed E-state index contributed by atoms with van der Waals surface area (Å²) in [6.45, 7) is 0.224. The summed E-state index contributed by atoms with van der Waals surface area (Å²) in [7, 11) is 0. The van der Waals surface area contributed by atoms with Crippen molar-refractivity contribution in [2.75, 3.05) is 11.4 Å². The standard InChI is InChI=1S/C16H13BrF2N2/c17-11-12-9-14(18)16(15(19)10-12)21(8-4-7-20)13-5-2-1-3-6-13/h1-3,5-6,9-10H,4,8,11H2. The first kappa shape index (κ1) is 15.5. The summed E-state index contributed by atoms with van der Waals surface area (Å²) in [5.74, 6) is -1.27. The predicted octanol–water partition coefficient (Wildman–Crippen LogP) is 4.91. The summed E-state index contributed by atoms with van der Waals surface area (Å²) < 4.78 is 28.6. The zero-order valence-corrected chi connectivity index (χ0v) is 12.8. The van der Waals surface area contributed by atoms with E-state index >= 15 is 0 Å². The molecule has 0 fully saturated rings. The third-order valence-electron chi connectivity index (χ3n) is 3.02. The van der Waals surface area contributed by atoms with E-state index in [2.05, 4.69) is 15.9 Å². The third kappa shape index (κ3) is 3.59. The average Bonchev–Trinajstić information content (AvgIpc) is 2.50. The molecule has 0 bridgehead atoms. The number of hydrogen-bond acceptors (Lipinski definition) is 2. The van der Waals surface area contributed by atoms with E-state index in [0.717, 1.165) is 0 Å². The highest BCUT2D eigenvalue weighted by atomic mass is 79.9. The minimum atomic E-state index is -0.633. The lowest BCUT2D eigenvalue weighted by Gasteiger charge is -2.25. The Labute approximate surface area is 130 Å². The van der Waals surface area contributed by atoms with Crippen molar-refractivity contribution in [2.24, 2.45) is 0 Å². The van der Waals surface area contributed by atoms with Gasteiger partial charge in [-0.15, -0.1) is 0 Å². The lowest BCUT2D eigenvalue weighted by atomic mass is 10.1. The highest BCUT2D eigenvalue weighted by molar-refractivity contribution is 9.08. The smallest absolute Gasteiger partial charge is 0.150 e. The number of anilines is 2. The molecule has 2 aromatic carbocycles. The Bertz CT molecular complexity index is 630. The molecule has 0 amide bonds. The Morgan fingerprint density at radius 1 is 1.10 bits per heavy atom. The fourth-order valence-electron chi connectivity index (χ4n) is 2.09. The number of nitrogens with zero attached hydrogens (tertiary/aromatic N) is 2. The van der Waals surface area contributed by atoms with Gasteiger partial charge in [-0.1, -0.05) is 34.1 Å². The van der Waals surface area contributed by atoms with Gasteiger partial charge >= 0.3 is 0 Å². The van der Waals surface area contributed by atoms with Gasteiger partial charge in [0.15, 0.2) is 0 Å². The van der Waals surface area contributed by atoms with Gasteiger partial charge in [0.05, 0.1) is 12.5 Å². The average molecular weight is 351 g/mol. The van der Waals surface area contributed by atoms with Crippen molar-refractivity contribution in [1.29, 1.82) is 5.26 Å². The zero-order chi connectivity index (χ0) is 15.2. The number of nitriles is 1. The molecule has 0 saturated carbocycles.